The summed E-state index contributed by atoms with van der Waals surface area (Å²) in [5.74, 6) is 1.09. The van der Waals surface area contributed by atoms with Gasteiger partial charge in [-0.15, -0.1) is 0 Å². The van der Waals surface area contributed by atoms with E-state index in [4.69, 9.17) is 15.5 Å². The quantitative estimate of drug-likeness (QED) is 0.492. The molecule has 8 nitrogen and oxygen atoms in total. The molecule has 0 spiro atoms. The number of nitrogens with two attached hydrogens (primary N) is 1. The summed E-state index contributed by atoms with van der Waals surface area (Å²) in [6.45, 7) is 1.80. The van der Waals surface area contributed by atoms with Gasteiger partial charge in [-0.1, -0.05) is 0 Å². The normalized spacial score (nSPS) is 22.0. The Morgan fingerprint density at radius 2 is 2.03 bits per heavy atom. The summed E-state index contributed by atoms with van der Waals surface area (Å²) in [7, 11) is 1.77. The molecule has 1 unspecified atom stereocenters. The molecule has 146 valence electrons. The van der Waals surface area contributed by atoms with Crippen LogP contribution in [0, 0.1) is 18.7 Å². The molecule has 0 radical (unpaired) electrons. The van der Waals surface area contributed by atoms with Gasteiger partial charge in [-0.2, -0.15) is 9.97 Å². The zero-order valence-electron chi connectivity index (χ0n) is 15.8. The molecule has 0 amide bonds. The predicted octanol–water partition coefficient (Wildman–Crippen LogP) is 2.78. The van der Waals surface area contributed by atoms with Gasteiger partial charge in [-0.25, -0.2) is 14.4 Å². The third-order valence-corrected chi connectivity index (χ3v) is 6.01. The second kappa shape index (κ2) is 5.60. The number of nitrogens with one attached hydrogen (secondary N) is 2. The van der Waals surface area contributed by atoms with Crippen LogP contribution in [-0.4, -0.2) is 38.0 Å². The highest BCUT2D eigenvalue weighted by molar-refractivity contribution is 6.13. The van der Waals surface area contributed by atoms with Crippen LogP contribution in [0.2, 0.25) is 0 Å². The molecule has 4 aromatic rings. The molecule has 1 fully saturated rings. The Kier molecular flexibility index (Phi) is 3.21. The van der Waals surface area contributed by atoms with Crippen molar-refractivity contribution in [2.24, 2.45) is 11.7 Å². The van der Waals surface area contributed by atoms with Crippen molar-refractivity contribution in [3.8, 4) is 11.8 Å². The van der Waals surface area contributed by atoms with Crippen molar-refractivity contribution in [2.75, 3.05) is 12.4 Å². The summed E-state index contributed by atoms with van der Waals surface area (Å²) < 4.78 is 20.8. The highest BCUT2D eigenvalue weighted by Gasteiger charge is 2.52. The topological polar surface area (TPSA) is 115 Å². The van der Waals surface area contributed by atoms with Crippen LogP contribution in [0.25, 0.3) is 21.9 Å². The van der Waals surface area contributed by atoms with E-state index in [1.807, 2.05) is 0 Å². The molecular formula is C20H18FN7O. The molecule has 3 atom stereocenters. The lowest BCUT2D eigenvalue weighted by Crippen LogP contribution is -2.07. The number of H-pyrrole nitrogens is 1. The minimum absolute atomic E-state index is 0.0508. The van der Waals surface area contributed by atoms with E-state index in [9.17, 15) is 4.39 Å². The molecule has 9 heteroatoms. The first kappa shape index (κ1) is 16.6. The molecule has 1 aromatic carbocycles. The number of hydrogen-bond acceptors (Lipinski definition) is 7. The number of aromatic nitrogens is 5. The summed E-state index contributed by atoms with van der Waals surface area (Å²) >= 11 is 0. The van der Waals surface area contributed by atoms with Crippen LogP contribution in [-0.2, 0) is 6.42 Å². The summed E-state index contributed by atoms with van der Waals surface area (Å²) in [6.07, 6.45) is 3.75. The number of aromatic amines is 1. The smallest absolute Gasteiger partial charge is 0.324 e. The Morgan fingerprint density at radius 1 is 1.24 bits per heavy atom. The zero-order valence-corrected chi connectivity index (χ0v) is 15.8. The van der Waals surface area contributed by atoms with Gasteiger partial charge in [0.1, 0.15) is 17.3 Å². The highest BCUT2D eigenvalue weighted by Crippen LogP contribution is 2.54. The number of rotatable bonds is 3. The van der Waals surface area contributed by atoms with E-state index < -0.39 is 0 Å². The highest BCUT2D eigenvalue weighted by atomic mass is 19.1. The van der Waals surface area contributed by atoms with Crippen LogP contribution >= 0.6 is 0 Å². The van der Waals surface area contributed by atoms with Crippen LogP contribution < -0.4 is 15.8 Å². The van der Waals surface area contributed by atoms with Gasteiger partial charge in [0.05, 0.1) is 29.3 Å². The van der Waals surface area contributed by atoms with Crippen LogP contribution in [0.3, 0.4) is 0 Å². The second-order valence-corrected chi connectivity index (χ2v) is 7.66. The van der Waals surface area contributed by atoms with Gasteiger partial charge in [-0.3, -0.25) is 0 Å². The summed E-state index contributed by atoms with van der Waals surface area (Å²) in [4.78, 5) is 20.9. The van der Waals surface area contributed by atoms with Crippen LogP contribution in [0.15, 0.2) is 18.5 Å². The number of aryl methyl sites for hydroxylation is 1. The fourth-order valence-corrected chi connectivity index (χ4v) is 4.52. The summed E-state index contributed by atoms with van der Waals surface area (Å²) in [5, 5.41) is 4.73. The van der Waals surface area contributed by atoms with E-state index in [1.165, 1.54) is 6.07 Å². The van der Waals surface area contributed by atoms with Crippen molar-refractivity contribution < 1.29 is 9.13 Å². The molecule has 1 saturated carbocycles. The lowest BCUT2D eigenvalue weighted by atomic mass is 10.0. The predicted molar refractivity (Wildman–Crippen MR) is 106 cm³/mol. The number of anilines is 1. The van der Waals surface area contributed by atoms with Crippen LogP contribution in [0.5, 0.6) is 11.8 Å². The Labute approximate surface area is 164 Å². The third kappa shape index (κ3) is 2.27. The number of halogens is 1. The fourth-order valence-electron chi connectivity index (χ4n) is 4.52. The lowest BCUT2D eigenvalue weighted by molar-refractivity contribution is 0.437. The minimum atomic E-state index is -0.231. The first-order valence-corrected chi connectivity index (χ1v) is 9.49. The number of benzene rings is 1. The van der Waals surface area contributed by atoms with Gasteiger partial charge in [-0.05, 0) is 30.9 Å². The Hall–Kier alpha value is -3.33. The van der Waals surface area contributed by atoms with E-state index in [-0.39, 0.29) is 29.7 Å². The standard InChI is InChI=1S/C20H18FN7O/c1-7-24-5-8(6-25-7)29-20-27-18-14-10(16(14)22)3-9-11(21)4-12(23-2)17-13(9)15(18)19(26-17)28-20/h4-6,10,14,16,23H,3,22H2,1-2H3,(H,26,27,28)/t10-,14?,16+/m1/s1. The third-order valence-electron chi connectivity index (χ3n) is 6.01. The van der Waals surface area contributed by atoms with Crippen molar-refractivity contribution >= 4 is 27.6 Å². The molecular weight excluding hydrogens is 373 g/mol. The number of ether oxygens (including phenoxy) is 1. The number of fused-ring (bicyclic) bond motifs is 2. The van der Waals surface area contributed by atoms with Gasteiger partial charge < -0.3 is 20.8 Å². The largest absolute Gasteiger partial charge is 0.421 e. The SMILES string of the molecule is CNc1cc(F)c2c3c1[nH]c1nc(Oc4cnc(C)nc4)nc(c13)C1[C@@H](N)[C@@H]1C2. The van der Waals surface area contributed by atoms with Gasteiger partial charge in [0.25, 0.3) is 0 Å². The van der Waals surface area contributed by atoms with Crippen LogP contribution in [0.4, 0.5) is 10.1 Å². The van der Waals surface area contributed by atoms with E-state index >= 15 is 0 Å². The van der Waals surface area contributed by atoms with E-state index in [1.54, 1.807) is 26.4 Å². The zero-order chi connectivity index (χ0) is 19.9. The van der Waals surface area contributed by atoms with Crippen molar-refractivity contribution in [2.45, 2.75) is 25.3 Å². The first-order chi connectivity index (χ1) is 14.0. The molecule has 0 bridgehead atoms. The van der Waals surface area contributed by atoms with E-state index in [0.717, 1.165) is 22.0 Å². The number of hydrogen-bond donors (Lipinski definition) is 3. The molecule has 4 N–H and O–H groups in total. The van der Waals surface area contributed by atoms with Crippen molar-refractivity contribution in [3.05, 3.63) is 41.4 Å². The minimum Gasteiger partial charge on any atom is -0.421 e. The fraction of sp³-hybridized carbons (Fsp3) is 0.300. The molecule has 3 heterocycles. The molecule has 2 aliphatic carbocycles. The van der Waals surface area contributed by atoms with E-state index in [0.29, 0.717) is 34.9 Å². The number of nitrogens with zero attached hydrogens (tertiary/aromatic N) is 4. The van der Waals surface area contributed by atoms with E-state index in [2.05, 4.69) is 25.3 Å². The van der Waals surface area contributed by atoms with Gasteiger partial charge in [0.2, 0.25) is 0 Å². The average Bonchev–Trinajstić information content (AvgIpc) is 3.22. The molecule has 0 aliphatic heterocycles. The Morgan fingerprint density at radius 3 is 2.79 bits per heavy atom. The average molecular weight is 391 g/mol. The van der Waals surface area contributed by atoms with Crippen molar-refractivity contribution in [1.29, 1.82) is 0 Å². The Bertz CT molecular complexity index is 1300. The van der Waals surface area contributed by atoms with Gasteiger partial charge >= 0.3 is 6.01 Å². The second-order valence-electron chi connectivity index (χ2n) is 7.66. The monoisotopic (exact) mass is 391 g/mol. The Balaban J connectivity index is 1.61. The summed E-state index contributed by atoms with van der Waals surface area (Å²) in [6, 6.07) is 1.67. The van der Waals surface area contributed by atoms with Crippen molar-refractivity contribution in [1.82, 2.24) is 24.9 Å². The maximum Gasteiger partial charge on any atom is 0.324 e. The molecule has 2 aliphatic rings. The lowest BCUT2D eigenvalue weighted by Gasteiger charge is -2.09. The van der Waals surface area contributed by atoms with Crippen LogP contribution in [0.1, 0.15) is 23.0 Å². The summed E-state index contributed by atoms with van der Waals surface area (Å²) in [5.41, 5.74) is 9.93. The molecule has 6 rings (SSSR count). The maximum absolute atomic E-state index is 14.9. The molecule has 0 saturated heterocycles. The molecule has 29 heavy (non-hydrogen) atoms. The van der Waals surface area contributed by atoms with Gasteiger partial charge in [0.15, 0.2) is 5.75 Å². The van der Waals surface area contributed by atoms with Gasteiger partial charge in [0, 0.05) is 29.8 Å². The maximum atomic E-state index is 14.9. The molecule has 3 aromatic heterocycles. The first-order valence-electron chi connectivity index (χ1n) is 9.49. The van der Waals surface area contributed by atoms with Crippen molar-refractivity contribution in [3.63, 3.8) is 0 Å².